The SMILES string of the molecule is Clc1cc(Cl)c2nc(-c3ccc(Br)s3)cn2c1. The monoisotopic (exact) mass is 346 g/mol. The van der Waals surface area contributed by atoms with E-state index >= 15 is 0 Å². The Morgan fingerprint density at radius 2 is 2.06 bits per heavy atom. The summed E-state index contributed by atoms with van der Waals surface area (Å²) in [6, 6.07) is 5.71. The van der Waals surface area contributed by atoms with E-state index in [4.69, 9.17) is 23.2 Å². The first-order valence-corrected chi connectivity index (χ1v) is 7.09. The Labute approximate surface area is 120 Å². The summed E-state index contributed by atoms with van der Waals surface area (Å²) >= 11 is 17.1. The summed E-state index contributed by atoms with van der Waals surface area (Å²) in [5.41, 5.74) is 1.61. The fraction of sp³-hybridized carbons (Fsp3) is 0. The number of hydrogen-bond acceptors (Lipinski definition) is 2. The van der Waals surface area contributed by atoms with Crippen molar-refractivity contribution in [2.24, 2.45) is 0 Å². The number of imidazole rings is 1. The van der Waals surface area contributed by atoms with Gasteiger partial charge in [-0.05, 0) is 34.1 Å². The Balaban J connectivity index is 2.23. The van der Waals surface area contributed by atoms with Gasteiger partial charge in [0.1, 0.15) is 0 Å². The average Bonchev–Trinajstić information content (AvgIpc) is 2.83. The van der Waals surface area contributed by atoms with E-state index < -0.39 is 0 Å². The molecule has 0 aliphatic heterocycles. The molecule has 0 atom stereocenters. The van der Waals surface area contributed by atoms with Crippen LogP contribution in [-0.4, -0.2) is 9.38 Å². The van der Waals surface area contributed by atoms with Crippen LogP contribution in [0.25, 0.3) is 16.2 Å². The van der Waals surface area contributed by atoms with E-state index in [0.717, 1.165) is 20.0 Å². The van der Waals surface area contributed by atoms with Gasteiger partial charge >= 0.3 is 0 Å². The Bertz CT molecular complexity index is 705. The molecule has 2 nitrogen and oxygen atoms in total. The molecular weight excluding hydrogens is 343 g/mol. The second-order valence-electron chi connectivity index (χ2n) is 3.47. The molecule has 0 unspecified atom stereocenters. The topological polar surface area (TPSA) is 17.3 Å². The van der Waals surface area contributed by atoms with Crippen LogP contribution in [0.4, 0.5) is 0 Å². The van der Waals surface area contributed by atoms with Crippen molar-refractivity contribution >= 4 is 56.1 Å². The zero-order valence-electron chi connectivity index (χ0n) is 8.32. The minimum atomic E-state index is 0.555. The fourth-order valence-corrected chi connectivity index (χ4v) is 3.46. The van der Waals surface area contributed by atoms with Crippen LogP contribution in [0.1, 0.15) is 0 Å². The average molecular weight is 348 g/mol. The van der Waals surface area contributed by atoms with E-state index in [-0.39, 0.29) is 0 Å². The minimum Gasteiger partial charge on any atom is -0.304 e. The van der Waals surface area contributed by atoms with Crippen LogP contribution in [0.2, 0.25) is 10.0 Å². The third-order valence-corrected chi connectivity index (χ3v) is 4.43. The first kappa shape index (κ1) is 11.5. The highest BCUT2D eigenvalue weighted by atomic mass is 79.9. The van der Waals surface area contributed by atoms with Crippen LogP contribution >= 0.6 is 50.5 Å². The lowest BCUT2D eigenvalue weighted by Gasteiger charge is -1.95. The molecule has 0 aliphatic rings. The molecule has 0 saturated carbocycles. The van der Waals surface area contributed by atoms with E-state index in [1.807, 2.05) is 22.7 Å². The summed E-state index contributed by atoms with van der Waals surface area (Å²) in [7, 11) is 0. The van der Waals surface area contributed by atoms with Gasteiger partial charge in [0, 0.05) is 12.4 Å². The molecule has 86 valence electrons. The molecule has 0 amide bonds. The highest BCUT2D eigenvalue weighted by molar-refractivity contribution is 9.11. The Morgan fingerprint density at radius 3 is 2.76 bits per heavy atom. The summed E-state index contributed by atoms with van der Waals surface area (Å²) in [5, 5.41) is 1.15. The molecule has 0 N–H and O–H groups in total. The van der Waals surface area contributed by atoms with Gasteiger partial charge < -0.3 is 4.40 Å². The van der Waals surface area contributed by atoms with Gasteiger partial charge in [-0.2, -0.15) is 0 Å². The third kappa shape index (κ3) is 2.10. The summed E-state index contributed by atoms with van der Waals surface area (Å²) in [5.74, 6) is 0. The third-order valence-electron chi connectivity index (χ3n) is 2.30. The molecule has 0 bridgehead atoms. The molecular formula is C11H5BrCl2N2S. The smallest absolute Gasteiger partial charge is 0.156 e. The number of halogens is 3. The van der Waals surface area contributed by atoms with Crippen molar-refractivity contribution in [2.75, 3.05) is 0 Å². The van der Waals surface area contributed by atoms with Crippen molar-refractivity contribution in [3.8, 4) is 10.6 Å². The number of pyridine rings is 1. The first-order valence-electron chi connectivity index (χ1n) is 4.73. The standard InChI is InChI=1S/C11H5BrCl2N2S/c12-10-2-1-9(17-10)8-5-16-4-6(13)3-7(14)11(16)15-8/h1-5H. The molecule has 0 aliphatic carbocycles. The fourth-order valence-electron chi connectivity index (χ4n) is 1.60. The van der Waals surface area contributed by atoms with Gasteiger partial charge in [0.2, 0.25) is 0 Å². The lowest BCUT2D eigenvalue weighted by atomic mass is 10.4. The molecule has 0 fully saturated rings. The number of aromatic nitrogens is 2. The predicted molar refractivity (Wildman–Crippen MR) is 76.2 cm³/mol. The largest absolute Gasteiger partial charge is 0.304 e. The van der Waals surface area contributed by atoms with Crippen LogP contribution in [-0.2, 0) is 0 Å². The van der Waals surface area contributed by atoms with Gasteiger partial charge in [0.25, 0.3) is 0 Å². The van der Waals surface area contributed by atoms with Crippen molar-refractivity contribution < 1.29 is 0 Å². The van der Waals surface area contributed by atoms with Crippen LogP contribution in [0.15, 0.2) is 34.4 Å². The maximum absolute atomic E-state index is 6.09. The first-order chi connectivity index (χ1) is 8.13. The van der Waals surface area contributed by atoms with Gasteiger partial charge in [0.15, 0.2) is 5.65 Å². The number of fused-ring (bicyclic) bond motifs is 1. The lowest BCUT2D eigenvalue weighted by Crippen LogP contribution is -1.82. The number of nitrogens with zero attached hydrogens (tertiary/aromatic N) is 2. The molecule has 0 spiro atoms. The van der Waals surface area contributed by atoms with Gasteiger partial charge in [-0.1, -0.05) is 23.2 Å². The lowest BCUT2D eigenvalue weighted by molar-refractivity contribution is 1.19. The summed E-state index contributed by atoms with van der Waals surface area (Å²) in [6.45, 7) is 0. The molecule has 0 aromatic carbocycles. The van der Waals surface area contributed by atoms with Crippen LogP contribution in [0, 0.1) is 0 Å². The van der Waals surface area contributed by atoms with Gasteiger partial charge in [-0.15, -0.1) is 11.3 Å². The molecule has 0 radical (unpaired) electrons. The maximum Gasteiger partial charge on any atom is 0.156 e. The van der Waals surface area contributed by atoms with Gasteiger partial charge in [-0.25, -0.2) is 4.98 Å². The van der Waals surface area contributed by atoms with Crippen molar-refractivity contribution in [1.82, 2.24) is 9.38 Å². The summed E-state index contributed by atoms with van der Waals surface area (Å²) < 4.78 is 2.92. The molecule has 3 rings (SSSR count). The van der Waals surface area contributed by atoms with E-state index in [9.17, 15) is 0 Å². The van der Waals surface area contributed by atoms with Crippen molar-refractivity contribution in [3.05, 3.63) is 44.4 Å². The van der Waals surface area contributed by atoms with Gasteiger partial charge in [0.05, 0.1) is 24.4 Å². The highest BCUT2D eigenvalue weighted by Crippen LogP contribution is 2.32. The number of rotatable bonds is 1. The molecule has 3 aromatic heterocycles. The Morgan fingerprint density at radius 1 is 1.24 bits per heavy atom. The quantitative estimate of drug-likeness (QED) is 0.596. The zero-order valence-corrected chi connectivity index (χ0v) is 12.2. The van der Waals surface area contributed by atoms with Crippen molar-refractivity contribution in [2.45, 2.75) is 0 Å². The van der Waals surface area contributed by atoms with Crippen molar-refractivity contribution in [1.29, 1.82) is 0 Å². The van der Waals surface area contributed by atoms with E-state index in [1.165, 1.54) is 0 Å². The second-order valence-corrected chi connectivity index (χ2v) is 6.77. The normalized spacial score (nSPS) is 11.2. The molecule has 3 heterocycles. The summed E-state index contributed by atoms with van der Waals surface area (Å²) in [6.07, 6.45) is 3.72. The molecule has 3 aromatic rings. The molecule has 6 heteroatoms. The van der Waals surface area contributed by atoms with E-state index in [1.54, 1.807) is 23.6 Å². The van der Waals surface area contributed by atoms with E-state index in [0.29, 0.717) is 10.0 Å². The number of thiophene rings is 1. The Kier molecular flexibility index (Phi) is 2.91. The van der Waals surface area contributed by atoms with Crippen molar-refractivity contribution in [3.63, 3.8) is 0 Å². The highest BCUT2D eigenvalue weighted by Gasteiger charge is 2.09. The van der Waals surface area contributed by atoms with Crippen LogP contribution < -0.4 is 0 Å². The second kappa shape index (κ2) is 4.28. The predicted octanol–water partition coefficient (Wildman–Crippen LogP) is 5.13. The van der Waals surface area contributed by atoms with Crippen LogP contribution in [0.5, 0.6) is 0 Å². The number of hydrogen-bond donors (Lipinski definition) is 0. The minimum absolute atomic E-state index is 0.555. The molecule has 0 saturated heterocycles. The van der Waals surface area contributed by atoms with E-state index in [2.05, 4.69) is 20.9 Å². The summed E-state index contributed by atoms with van der Waals surface area (Å²) in [4.78, 5) is 5.59. The van der Waals surface area contributed by atoms with Gasteiger partial charge in [-0.3, -0.25) is 0 Å². The maximum atomic E-state index is 6.09. The molecule has 17 heavy (non-hydrogen) atoms. The zero-order chi connectivity index (χ0) is 12.0. The van der Waals surface area contributed by atoms with Crippen LogP contribution in [0.3, 0.4) is 0 Å². The Hall–Kier alpha value is -0.550.